The molecule has 4 heteroatoms. The highest BCUT2D eigenvalue weighted by Gasteiger charge is 2.34. The van der Waals surface area contributed by atoms with Crippen LogP contribution >= 0.6 is 15.9 Å². The van der Waals surface area contributed by atoms with Crippen LogP contribution in [0.3, 0.4) is 0 Å². The zero-order valence-electron chi connectivity index (χ0n) is 15.5. The van der Waals surface area contributed by atoms with Gasteiger partial charge in [-0.25, -0.2) is 0 Å². The third-order valence-electron chi connectivity index (χ3n) is 5.15. The molecule has 0 fully saturated rings. The molecular formula is C21H25BrN2O. The number of halogens is 1. The standard InChI is InChI=1S/C21H25BrN2O/c1-14-12-21(2,3)24(4)19-11-20(25-5)15(9-18(14)19)13-23-17-8-6-7-16(22)10-17/h6-11,13-14H,12H2,1-5H3. The van der Waals surface area contributed by atoms with Gasteiger partial charge >= 0.3 is 0 Å². The van der Waals surface area contributed by atoms with E-state index in [0.29, 0.717) is 5.92 Å². The van der Waals surface area contributed by atoms with E-state index in [9.17, 15) is 0 Å². The van der Waals surface area contributed by atoms with Crippen molar-refractivity contribution in [3.05, 3.63) is 52.0 Å². The predicted molar refractivity (Wildman–Crippen MR) is 110 cm³/mol. The van der Waals surface area contributed by atoms with Gasteiger partial charge in [-0.15, -0.1) is 0 Å². The lowest BCUT2D eigenvalue weighted by molar-refractivity contribution is 0.389. The summed E-state index contributed by atoms with van der Waals surface area (Å²) < 4.78 is 6.67. The summed E-state index contributed by atoms with van der Waals surface area (Å²) in [5.74, 6) is 1.36. The van der Waals surface area contributed by atoms with Gasteiger partial charge in [0.15, 0.2) is 0 Å². The van der Waals surface area contributed by atoms with Crippen LogP contribution in [0.4, 0.5) is 11.4 Å². The Balaban J connectivity index is 2.03. The highest BCUT2D eigenvalue weighted by atomic mass is 79.9. The summed E-state index contributed by atoms with van der Waals surface area (Å²) in [5.41, 5.74) is 4.68. The summed E-state index contributed by atoms with van der Waals surface area (Å²) in [5, 5.41) is 0. The lowest BCUT2D eigenvalue weighted by Gasteiger charge is -2.45. The van der Waals surface area contributed by atoms with E-state index < -0.39 is 0 Å². The van der Waals surface area contributed by atoms with Gasteiger partial charge in [-0.1, -0.05) is 28.9 Å². The third-order valence-corrected chi connectivity index (χ3v) is 5.64. The minimum absolute atomic E-state index is 0.142. The smallest absolute Gasteiger partial charge is 0.129 e. The number of nitrogens with zero attached hydrogens (tertiary/aromatic N) is 2. The Morgan fingerprint density at radius 2 is 2.04 bits per heavy atom. The van der Waals surface area contributed by atoms with E-state index in [1.807, 2.05) is 30.5 Å². The van der Waals surface area contributed by atoms with Gasteiger partial charge in [0.05, 0.1) is 12.8 Å². The van der Waals surface area contributed by atoms with Crippen molar-refractivity contribution in [2.24, 2.45) is 4.99 Å². The topological polar surface area (TPSA) is 24.8 Å². The summed E-state index contributed by atoms with van der Waals surface area (Å²) >= 11 is 3.49. The average molecular weight is 401 g/mol. The molecule has 1 atom stereocenters. The Bertz CT molecular complexity index is 814. The fourth-order valence-corrected chi connectivity index (χ4v) is 3.98. The predicted octanol–water partition coefficient (Wildman–Crippen LogP) is 5.93. The van der Waals surface area contributed by atoms with Crippen LogP contribution in [0.5, 0.6) is 5.75 Å². The number of aliphatic imine (C=N–C) groups is 1. The highest BCUT2D eigenvalue weighted by Crippen LogP contribution is 2.44. The third kappa shape index (κ3) is 3.59. The first-order valence-corrected chi connectivity index (χ1v) is 9.36. The van der Waals surface area contributed by atoms with Crippen LogP contribution in [0, 0.1) is 0 Å². The zero-order valence-corrected chi connectivity index (χ0v) is 17.1. The highest BCUT2D eigenvalue weighted by molar-refractivity contribution is 9.10. The molecule has 3 nitrogen and oxygen atoms in total. The van der Waals surface area contributed by atoms with Gasteiger partial charge in [-0.2, -0.15) is 0 Å². The zero-order chi connectivity index (χ0) is 18.2. The molecule has 1 heterocycles. The van der Waals surface area contributed by atoms with Crippen molar-refractivity contribution in [3.8, 4) is 5.75 Å². The quantitative estimate of drug-likeness (QED) is 0.596. The lowest BCUT2D eigenvalue weighted by Crippen LogP contribution is -2.45. The summed E-state index contributed by atoms with van der Waals surface area (Å²) in [6, 6.07) is 12.4. The second kappa shape index (κ2) is 6.83. The number of fused-ring (bicyclic) bond motifs is 1. The Labute approximate surface area is 158 Å². The minimum Gasteiger partial charge on any atom is -0.496 e. The first-order chi connectivity index (χ1) is 11.8. The molecule has 0 bridgehead atoms. The number of benzene rings is 2. The molecule has 2 aromatic carbocycles. The molecule has 0 saturated heterocycles. The average Bonchev–Trinajstić information content (AvgIpc) is 2.57. The largest absolute Gasteiger partial charge is 0.496 e. The van der Waals surface area contributed by atoms with Crippen molar-refractivity contribution in [1.29, 1.82) is 0 Å². The lowest BCUT2D eigenvalue weighted by atomic mass is 9.80. The Morgan fingerprint density at radius 3 is 2.72 bits per heavy atom. The molecule has 25 heavy (non-hydrogen) atoms. The molecule has 0 amide bonds. The number of methoxy groups -OCH3 is 1. The molecule has 0 spiro atoms. The van der Waals surface area contributed by atoms with E-state index in [1.54, 1.807) is 7.11 Å². The number of hydrogen-bond acceptors (Lipinski definition) is 3. The summed E-state index contributed by atoms with van der Waals surface area (Å²) in [4.78, 5) is 6.98. The van der Waals surface area contributed by atoms with Gasteiger partial charge in [0.1, 0.15) is 5.75 Å². The van der Waals surface area contributed by atoms with Gasteiger partial charge in [0.2, 0.25) is 0 Å². The molecule has 0 N–H and O–H groups in total. The van der Waals surface area contributed by atoms with Crippen LogP contribution in [-0.2, 0) is 0 Å². The fourth-order valence-electron chi connectivity index (χ4n) is 3.59. The fraction of sp³-hybridized carbons (Fsp3) is 0.381. The van der Waals surface area contributed by atoms with Gasteiger partial charge in [-0.3, -0.25) is 4.99 Å². The SMILES string of the molecule is COc1cc2c(cc1C=Nc1cccc(Br)c1)C(C)CC(C)(C)N2C. The van der Waals surface area contributed by atoms with Crippen LogP contribution < -0.4 is 9.64 Å². The van der Waals surface area contributed by atoms with E-state index in [1.165, 1.54) is 11.3 Å². The van der Waals surface area contributed by atoms with Crippen molar-refractivity contribution in [3.63, 3.8) is 0 Å². The molecule has 0 aromatic heterocycles. The first kappa shape index (κ1) is 18.0. The molecule has 1 aliphatic rings. The maximum absolute atomic E-state index is 5.65. The molecule has 3 rings (SSSR count). The van der Waals surface area contributed by atoms with Gasteiger partial charge in [-0.05, 0) is 56.0 Å². The van der Waals surface area contributed by atoms with Crippen molar-refractivity contribution in [2.75, 3.05) is 19.1 Å². The summed E-state index contributed by atoms with van der Waals surface area (Å²) in [6.07, 6.45) is 3.03. The van der Waals surface area contributed by atoms with E-state index in [-0.39, 0.29) is 5.54 Å². The number of rotatable bonds is 3. The number of hydrogen-bond donors (Lipinski definition) is 0. The van der Waals surface area contributed by atoms with E-state index >= 15 is 0 Å². The molecule has 0 radical (unpaired) electrons. The van der Waals surface area contributed by atoms with E-state index in [2.05, 4.69) is 65.8 Å². The van der Waals surface area contributed by atoms with Crippen molar-refractivity contribution >= 4 is 33.5 Å². The van der Waals surface area contributed by atoms with Crippen LogP contribution in [0.15, 0.2) is 45.9 Å². The second-order valence-electron chi connectivity index (χ2n) is 7.37. The minimum atomic E-state index is 0.142. The maximum Gasteiger partial charge on any atom is 0.129 e. The van der Waals surface area contributed by atoms with E-state index in [4.69, 9.17) is 4.74 Å². The van der Waals surface area contributed by atoms with Crippen molar-refractivity contribution in [1.82, 2.24) is 0 Å². The maximum atomic E-state index is 5.65. The summed E-state index contributed by atoms with van der Waals surface area (Å²) in [6.45, 7) is 6.89. The second-order valence-corrected chi connectivity index (χ2v) is 8.28. The van der Waals surface area contributed by atoms with Crippen molar-refractivity contribution in [2.45, 2.75) is 38.6 Å². The van der Waals surface area contributed by atoms with Crippen LogP contribution in [0.1, 0.15) is 44.2 Å². The normalized spacial score (nSPS) is 19.1. The monoisotopic (exact) mass is 400 g/mol. The number of anilines is 1. The Morgan fingerprint density at radius 1 is 1.28 bits per heavy atom. The van der Waals surface area contributed by atoms with Crippen LogP contribution in [0.25, 0.3) is 0 Å². The molecule has 132 valence electrons. The molecule has 1 aliphatic heterocycles. The molecule has 1 unspecified atom stereocenters. The molecule has 0 saturated carbocycles. The van der Waals surface area contributed by atoms with Gasteiger partial charge in [0, 0.05) is 40.6 Å². The van der Waals surface area contributed by atoms with Crippen LogP contribution in [0.2, 0.25) is 0 Å². The van der Waals surface area contributed by atoms with Crippen molar-refractivity contribution < 1.29 is 4.74 Å². The van der Waals surface area contributed by atoms with Gasteiger partial charge < -0.3 is 9.64 Å². The molecular weight excluding hydrogens is 376 g/mol. The Kier molecular flexibility index (Phi) is 4.92. The Hall–Kier alpha value is -1.81. The summed E-state index contributed by atoms with van der Waals surface area (Å²) in [7, 11) is 3.88. The van der Waals surface area contributed by atoms with Gasteiger partial charge in [0.25, 0.3) is 0 Å². The number of ether oxygens (including phenoxy) is 1. The molecule has 2 aromatic rings. The van der Waals surface area contributed by atoms with E-state index in [0.717, 1.165) is 27.9 Å². The molecule has 0 aliphatic carbocycles. The van der Waals surface area contributed by atoms with Crippen LogP contribution in [-0.4, -0.2) is 25.9 Å². The first-order valence-electron chi connectivity index (χ1n) is 8.57.